The lowest BCUT2D eigenvalue weighted by Crippen LogP contribution is -2.28. The maximum atomic E-state index is 11.9. The molecule has 2 aromatic carbocycles. The first-order valence-corrected chi connectivity index (χ1v) is 12.2. The summed E-state index contributed by atoms with van der Waals surface area (Å²) in [6, 6.07) is 13.8. The predicted octanol–water partition coefficient (Wildman–Crippen LogP) is 5.56. The number of aromatic hydroxyl groups is 1. The van der Waals surface area contributed by atoms with Gasteiger partial charge in [-0.05, 0) is 41.4 Å². The molecule has 0 aliphatic rings. The zero-order valence-electron chi connectivity index (χ0n) is 19.0. The highest BCUT2D eigenvalue weighted by molar-refractivity contribution is 7.51. The van der Waals surface area contributed by atoms with E-state index < -0.39 is 7.60 Å². The molecule has 0 unspecified atom stereocenters. The lowest BCUT2D eigenvalue weighted by molar-refractivity contribution is 0.371. The van der Waals surface area contributed by atoms with Gasteiger partial charge in [-0.15, -0.1) is 0 Å². The number of anilines is 1. The third-order valence-corrected chi connectivity index (χ3v) is 5.88. The number of hydrogen-bond donors (Lipinski definition) is 3. The molecule has 0 fully saturated rings. The fraction of sp³-hybridized carbons (Fsp3) is 0.500. The average molecular weight is 434 g/mol. The summed E-state index contributed by atoms with van der Waals surface area (Å²) in [5, 5.41) is 11.0. The normalized spacial score (nSPS) is 12.8. The number of rotatable bonds is 7. The molecular weight excluding hydrogens is 397 g/mol. The van der Waals surface area contributed by atoms with Crippen LogP contribution in [0.5, 0.6) is 5.75 Å². The Balaban J connectivity index is 2.44. The molecular formula is C24H36NO4P. The summed E-state index contributed by atoms with van der Waals surface area (Å²) < 4.78 is 11.9. The van der Waals surface area contributed by atoms with Crippen LogP contribution in [0.25, 0.3) is 0 Å². The second kappa shape index (κ2) is 9.13. The van der Waals surface area contributed by atoms with Crippen molar-refractivity contribution in [1.82, 2.24) is 0 Å². The molecule has 6 heteroatoms. The summed E-state index contributed by atoms with van der Waals surface area (Å²) in [6.07, 6.45) is 1.25. The van der Waals surface area contributed by atoms with E-state index >= 15 is 0 Å². The summed E-state index contributed by atoms with van der Waals surface area (Å²) in [5.74, 6) is 0.263. The molecule has 166 valence electrons. The van der Waals surface area contributed by atoms with Crippen LogP contribution < -0.4 is 4.90 Å². The van der Waals surface area contributed by atoms with E-state index in [1.807, 2.05) is 71.9 Å². The zero-order valence-corrected chi connectivity index (χ0v) is 19.9. The maximum absolute atomic E-state index is 11.9. The molecule has 0 saturated carbocycles. The topological polar surface area (TPSA) is 81.0 Å². The quantitative estimate of drug-likeness (QED) is 0.498. The first-order chi connectivity index (χ1) is 13.7. The molecule has 5 nitrogen and oxygen atoms in total. The molecule has 0 aliphatic heterocycles. The summed E-state index contributed by atoms with van der Waals surface area (Å²) in [6.45, 7) is 12.7. The van der Waals surface area contributed by atoms with Gasteiger partial charge in [0.15, 0.2) is 0 Å². The molecule has 0 aromatic heterocycles. The molecule has 2 aromatic rings. The van der Waals surface area contributed by atoms with Gasteiger partial charge >= 0.3 is 7.60 Å². The molecule has 0 bridgehead atoms. The van der Waals surface area contributed by atoms with Gasteiger partial charge in [0, 0.05) is 23.4 Å². The van der Waals surface area contributed by atoms with Gasteiger partial charge in [-0.2, -0.15) is 0 Å². The van der Waals surface area contributed by atoms with Crippen LogP contribution in [-0.2, 0) is 21.8 Å². The molecule has 0 amide bonds. The van der Waals surface area contributed by atoms with Crippen molar-refractivity contribution >= 4 is 13.3 Å². The summed E-state index contributed by atoms with van der Waals surface area (Å²) in [4.78, 5) is 21.2. The Morgan fingerprint density at radius 1 is 0.900 bits per heavy atom. The predicted molar refractivity (Wildman–Crippen MR) is 125 cm³/mol. The van der Waals surface area contributed by atoms with Crippen LogP contribution in [-0.4, -0.2) is 27.7 Å². The highest BCUT2D eigenvalue weighted by atomic mass is 31.2. The first-order valence-electron chi connectivity index (χ1n) is 10.4. The Bertz CT molecular complexity index is 857. The largest absolute Gasteiger partial charge is 0.507 e. The minimum absolute atomic E-state index is 0.263. The number of aryl methyl sites for hydroxylation is 1. The molecule has 3 N–H and O–H groups in total. The van der Waals surface area contributed by atoms with Crippen molar-refractivity contribution in [3.8, 4) is 5.75 Å². The van der Waals surface area contributed by atoms with Crippen LogP contribution in [0.3, 0.4) is 0 Å². The van der Waals surface area contributed by atoms with E-state index in [4.69, 9.17) is 0 Å². The monoisotopic (exact) mass is 433 g/mol. The van der Waals surface area contributed by atoms with Gasteiger partial charge in [-0.25, -0.2) is 0 Å². The van der Waals surface area contributed by atoms with Gasteiger partial charge in [0.25, 0.3) is 0 Å². The molecule has 0 atom stereocenters. The van der Waals surface area contributed by atoms with E-state index in [0.717, 1.165) is 29.7 Å². The van der Waals surface area contributed by atoms with Crippen LogP contribution in [0, 0.1) is 0 Å². The third kappa shape index (κ3) is 6.87. The molecule has 0 saturated heterocycles. The second-order valence-electron chi connectivity index (χ2n) is 10.0. The first kappa shape index (κ1) is 24.5. The highest BCUT2D eigenvalue weighted by Gasteiger charge is 2.29. The Hall–Kier alpha value is -1.81. The van der Waals surface area contributed by atoms with Crippen molar-refractivity contribution in [1.29, 1.82) is 0 Å². The summed E-state index contributed by atoms with van der Waals surface area (Å²) in [5.41, 5.74) is 2.88. The SMILES string of the molecule is CC(C)(C)c1cc(N(CCCc2ccccc2)CP(=O)(O)O)cc(C(C)(C)C)c1O. The lowest BCUT2D eigenvalue weighted by Gasteiger charge is -2.32. The lowest BCUT2D eigenvalue weighted by atomic mass is 9.79. The van der Waals surface area contributed by atoms with Crippen LogP contribution in [0.1, 0.15) is 64.7 Å². The summed E-state index contributed by atoms with van der Waals surface area (Å²) in [7, 11) is -4.26. The fourth-order valence-corrected chi connectivity index (χ4v) is 4.32. The second-order valence-corrected chi connectivity index (χ2v) is 11.7. The standard InChI is InChI=1S/C24H36NO4P/c1-23(2,3)20-15-19(16-21(22(20)26)24(4,5)6)25(17-30(27,28)29)14-10-13-18-11-8-7-9-12-18/h7-9,11-12,15-16,26H,10,13-14,17H2,1-6H3,(H2,27,28,29). The maximum Gasteiger partial charge on any atom is 0.344 e. The minimum atomic E-state index is -4.26. The molecule has 30 heavy (non-hydrogen) atoms. The number of phenols is 1. The smallest absolute Gasteiger partial charge is 0.344 e. The highest BCUT2D eigenvalue weighted by Crippen LogP contribution is 2.44. The van der Waals surface area contributed by atoms with Crippen molar-refractivity contribution in [3.63, 3.8) is 0 Å². The number of phenolic OH excluding ortho intramolecular Hbond substituents is 1. The van der Waals surface area contributed by atoms with Gasteiger partial charge in [-0.3, -0.25) is 4.57 Å². The molecule has 0 heterocycles. The molecule has 0 radical (unpaired) electrons. The zero-order chi connectivity index (χ0) is 22.7. The van der Waals surface area contributed by atoms with Crippen LogP contribution >= 0.6 is 7.60 Å². The minimum Gasteiger partial charge on any atom is -0.507 e. The van der Waals surface area contributed by atoms with Gasteiger partial charge in [-0.1, -0.05) is 71.9 Å². The van der Waals surface area contributed by atoms with Gasteiger partial charge in [0.1, 0.15) is 12.0 Å². The Morgan fingerprint density at radius 3 is 1.83 bits per heavy atom. The van der Waals surface area contributed by atoms with E-state index in [1.165, 1.54) is 5.56 Å². The van der Waals surface area contributed by atoms with Crippen molar-refractivity contribution in [2.75, 3.05) is 17.7 Å². The fourth-order valence-electron chi connectivity index (χ4n) is 3.57. The van der Waals surface area contributed by atoms with E-state index in [1.54, 1.807) is 4.90 Å². The van der Waals surface area contributed by atoms with Gasteiger partial charge in [0.05, 0.1) is 0 Å². The molecule has 0 spiro atoms. The summed E-state index contributed by atoms with van der Waals surface area (Å²) >= 11 is 0. The Morgan fingerprint density at radius 2 is 1.40 bits per heavy atom. The number of nitrogens with zero attached hydrogens (tertiary/aromatic N) is 1. The van der Waals surface area contributed by atoms with E-state index in [2.05, 4.69) is 12.1 Å². The van der Waals surface area contributed by atoms with Crippen LogP contribution in [0.2, 0.25) is 0 Å². The van der Waals surface area contributed by atoms with Crippen molar-refractivity contribution < 1.29 is 19.5 Å². The molecule has 2 rings (SSSR count). The Labute approximate surface area is 180 Å². The number of hydrogen-bond acceptors (Lipinski definition) is 3. The molecule has 0 aliphatic carbocycles. The van der Waals surface area contributed by atoms with Crippen LogP contribution in [0.4, 0.5) is 5.69 Å². The van der Waals surface area contributed by atoms with Crippen LogP contribution in [0.15, 0.2) is 42.5 Å². The van der Waals surface area contributed by atoms with E-state index in [9.17, 15) is 19.5 Å². The van der Waals surface area contributed by atoms with Crippen molar-refractivity contribution in [2.45, 2.75) is 65.2 Å². The average Bonchev–Trinajstić information content (AvgIpc) is 2.59. The van der Waals surface area contributed by atoms with Gasteiger partial charge < -0.3 is 19.8 Å². The van der Waals surface area contributed by atoms with E-state index in [0.29, 0.717) is 6.54 Å². The van der Waals surface area contributed by atoms with Crippen molar-refractivity contribution in [2.24, 2.45) is 0 Å². The van der Waals surface area contributed by atoms with E-state index in [-0.39, 0.29) is 22.9 Å². The Kier molecular flexibility index (Phi) is 7.45. The third-order valence-electron chi connectivity index (χ3n) is 5.17. The number of benzene rings is 2. The van der Waals surface area contributed by atoms with Crippen molar-refractivity contribution in [3.05, 3.63) is 59.2 Å². The van der Waals surface area contributed by atoms with Gasteiger partial charge in [0.2, 0.25) is 0 Å².